The summed E-state index contributed by atoms with van der Waals surface area (Å²) in [6, 6.07) is 7.66. The van der Waals surface area contributed by atoms with Crippen molar-refractivity contribution < 1.29 is 9.53 Å². The molecular weight excluding hydrogens is 300 g/mol. The highest BCUT2D eigenvalue weighted by atomic mass is 32.2. The van der Waals surface area contributed by atoms with Crippen LogP contribution in [0.5, 0.6) is 5.75 Å². The normalized spacial score (nSPS) is 12.0. The molecule has 1 aromatic carbocycles. The summed E-state index contributed by atoms with van der Waals surface area (Å²) in [6.45, 7) is 1.87. The zero-order valence-electron chi connectivity index (χ0n) is 13.4. The van der Waals surface area contributed by atoms with Gasteiger partial charge in [-0.3, -0.25) is 4.79 Å². The quantitative estimate of drug-likeness (QED) is 0.789. The predicted octanol–water partition coefficient (Wildman–Crippen LogP) is 2.06. The minimum Gasteiger partial charge on any atom is -0.497 e. The van der Waals surface area contributed by atoms with E-state index < -0.39 is 0 Å². The largest absolute Gasteiger partial charge is 0.497 e. The molecule has 2 aromatic rings. The minimum atomic E-state index is -0.212. The third kappa shape index (κ3) is 3.41. The topological polar surface area (TPSA) is 60.3 Å². The molecule has 0 radical (unpaired) electrons. The predicted molar refractivity (Wildman–Crippen MR) is 87.0 cm³/mol. The maximum absolute atomic E-state index is 11.9. The molecule has 7 heteroatoms. The summed E-state index contributed by atoms with van der Waals surface area (Å²) in [5, 5.41) is 8.92. The Morgan fingerprint density at radius 1 is 1.36 bits per heavy atom. The number of carbonyl (C=O) groups is 1. The van der Waals surface area contributed by atoms with Gasteiger partial charge < -0.3 is 14.2 Å². The van der Waals surface area contributed by atoms with Crippen molar-refractivity contribution in [2.24, 2.45) is 7.05 Å². The molecule has 1 amide bonds. The monoisotopic (exact) mass is 320 g/mol. The van der Waals surface area contributed by atoms with Crippen molar-refractivity contribution in [1.29, 1.82) is 0 Å². The maximum atomic E-state index is 11.9. The van der Waals surface area contributed by atoms with E-state index in [1.807, 2.05) is 42.8 Å². The van der Waals surface area contributed by atoms with Gasteiger partial charge in [-0.15, -0.1) is 10.2 Å². The van der Waals surface area contributed by atoms with E-state index in [9.17, 15) is 4.79 Å². The summed E-state index contributed by atoms with van der Waals surface area (Å²) in [4.78, 5) is 13.5. The zero-order chi connectivity index (χ0) is 16.3. The molecule has 0 unspecified atom stereocenters. The van der Waals surface area contributed by atoms with E-state index >= 15 is 0 Å². The molecule has 0 aliphatic heterocycles. The van der Waals surface area contributed by atoms with Gasteiger partial charge in [0.15, 0.2) is 11.0 Å². The van der Waals surface area contributed by atoms with Gasteiger partial charge in [0.2, 0.25) is 5.91 Å². The molecule has 0 fully saturated rings. The van der Waals surface area contributed by atoms with Crippen molar-refractivity contribution in [2.75, 3.05) is 21.2 Å². The van der Waals surface area contributed by atoms with Crippen molar-refractivity contribution in [3.05, 3.63) is 24.3 Å². The van der Waals surface area contributed by atoms with Crippen LogP contribution in [0.4, 0.5) is 0 Å². The van der Waals surface area contributed by atoms with Gasteiger partial charge in [0.25, 0.3) is 0 Å². The number of amides is 1. The first-order chi connectivity index (χ1) is 10.4. The lowest BCUT2D eigenvalue weighted by molar-refractivity contribution is -0.127. The van der Waals surface area contributed by atoms with Crippen LogP contribution in [0.15, 0.2) is 29.4 Å². The van der Waals surface area contributed by atoms with Crippen LogP contribution in [0.2, 0.25) is 0 Å². The van der Waals surface area contributed by atoms with Crippen molar-refractivity contribution in [3.8, 4) is 17.1 Å². The summed E-state index contributed by atoms with van der Waals surface area (Å²) < 4.78 is 7.12. The van der Waals surface area contributed by atoms with Gasteiger partial charge in [-0.1, -0.05) is 23.9 Å². The minimum absolute atomic E-state index is 0.0518. The van der Waals surface area contributed by atoms with E-state index in [0.29, 0.717) is 5.16 Å². The van der Waals surface area contributed by atoms with E-state index in [4.69, 9.17) is 4.74 Å². The van der Waals surface area contributed by atoms with Crippen LogP contribution in [0.3, 0.4) is 0 Å². The molecule has 0 bridgehead atoms. The first-order valence-corrected chi connectivity index (χ1v) is 7.73. The molecule has 0 aliphatic carbocycles. The summed E-state index contributed by atoms with van der Waals surface area (Å²) in [7, 11) is 7.02. The lowest BCUT2D eigenvalue weighted by Gasteiger charge is -2.15. The van der Waals surface area contributed by atoms with Crippen molar-refractivity contribution >= 4 is 17.7 Å². The standard InChI is InChI=1S/C15H20N4O2S/c1-10(14(20)18(2)3)22-15-17-16-13(19(15)4)11-7-6-8-12(9-11)21-5/h6-10H,1-5H3/t10-/m0/s1. The van der Waals surface area contributed by atoms with Gasteiger partial charge in [0.05, 0.1) is 12.4 Å². The molecule has 0 aliphatic rings. The highest BCUT2D eigenvalue weighted by Crippen LogP contribution is 2.27. The smallest absolute Gasteiger partial charge is 0.235 e. The lowest BCUT2D eigenvalue weighted by atomic mass is 10.2. The van der Waals surface area contributed by atoms with Crippen molar-refractivity contribution in [2.45, 2.75) is 17.3 Å². The fourth-order valence-electron chi connectivity index (χ4n) is 2.00. The number of ether oxygens (including phenoxy) is 1. The van der Waals surface area contributed by atoms with Gasteiger partial charge in [-0.05, 0) is 19.1 Å². The van der Waals surface area contributed by atoms with Crippen LogP contribution in [-0.4, -0.2) is 52.0 Å². The highest BCUT2D eigenvalue weighted by Gasteiger charge is 2.20. The van der Waals surface area contributed by atoms with Crippen molar-refractivity contribution in [3.63, 3.8) is 0 Å². The third-order valence-corrected chi connectivity index (χ3v) is 4.36. The fraction of sp³-hybridized carbons (Fsp3) is 0.400. The molecule has 0 saturated carbocycles. The van der Waals surface area contributed by atoms with E-state index in [-0.39, 0.29) is 11.2 Å². The molecule has 6 nitrogen and oxygen atoms in total. The summed E-state index contributed by atoms with van der Waals surface area (Å²) in [5.74, 6) is 1.56. The Bertz CT molecular complexity index is 669. The number of rotatable bonds is 5. The van der Waals surface area contributed by atoms with E-state index in [1.54, 1.807) is 26.1 Å². The fourth-order valence-corrected chi connectivity index (χ4v) is 2.96. The van der Waals surface area contributed by atoms with Gasteiger partial charge >= 0.3 is 0 Å². The molecule has 0 saturated heterocycles. The van der Waals surface area contributed by atoms with Crippen LogP contribution < -0.4 is 4.74 Å². The molecule has 1 aromatic heterocycles. The van der Waals surface area contributed by atoms with Gasteiger partial charge in [0, 0.05) is 26.7 Å². The Labute approximate surface area is 134 Å². The van der Waals surface area contributed by atoms with Gasteiger partial charge in [0.1, 0.15) is 5.75 Å². The molecule has 0 N–H and O–H groups in total. The molecule has 2 rings (SSSR count). The molecule has 1 heterocycles. The number of nitrogens with zero attached hydrogens (tertiary/aromatic N) is 4. The summed E-state index contributed by atoms with van der Waals surface area (Å²) in [6.07, 6.45) is 0. The lowest BCUT2D eigenvalue weighted by Crippen LogP contribution is -2.29. The third-order valence-electron chi connectivity index (χ3n) is 3.23. The Morgan fingerprint density at radius 3 is 2.73 bits per heavy atom. The zero-order valence-corrected chi connectivity index (χ0v) is 14.2. The Morgan fingerprint density at radius 2 is 2.09 bits per heavy atom. The molecular formula is C15H20N4O2S. The molecule has 22 heavy (non-hydrogen) atoms. The SMILES string of the molecule is COc1cccc(-c2nnc(S[C@@H](C)C(=O)N(C)C)n2C)c1. The number of thioether (sulfide) groups is 1. The number of hydrogen-bond donors (Lipinski definition) is 0. The summed E-state index contributed by atoms with van der Waals surface area (Å²) in [5.41, 5.74) is 0.924. The number of aromatic nitrogens is 3. The highest BCUT2D eigenvalue weighted by molar-refractivity contribution is 8.00. The van der Waals surface area contributed by atoms with Crippen LogP contribution in [0.25, 0.3) is 11.4 Å². The molecule has 1 atom stereocenters. The summed E-state index contributed by atoms with van der Waals surface area (Å²) >= 11 is 1.40. The van der Waals surface area contributed by atoms with E-state index in [1.165, 1.54) is 11.8 Å². The first-order valence-electron chi connectivity index (χ1n) is 6.85. The average molecular weight is 320 g/mol. The Hall–Kier alpha value is -2.02. The van der Waals surface area contributed by atoms with E-state index in [0.717, 1.165) is 17.1 Å². The first kappa shape index (κ1) is 16.4. The van der Waals surface area contributed by atoms with Crippen LogP contribution in [0.1, 0.15) is 6.92 Å². The number of methoxy groups -OCH3 is 1. The Balaban J connectivity index is 2.24. The van der Waals surface area contributed by atoms with Crippen molar-refractivity contribution in [1.82, 2.24) is 19.7 Å². The maximum Gasteiger partial charge on any atom is 0.235 e. The number of carbonyl (C=O) groups excluding carboxylic acids is 1. The van der Waals surface area contributed by atoms with Crippen LogP contribution >= 0.6 is 11.8 Å². The number of hydrogen-bond acceptors (Lipinski definition) is 5. The molecule has 0 spiro atoms. The van der Waals surface area contributed by atoms with Crippen LogP contribution in [-0.2, 0) is 11.8 Å². The second-order valence-corrected chi connectivity index (χ2v) is 6.40. The second-order valence-electron chi connectivity index (χ2n) is 5.09. The van der Waals surface area contributed by atoms with Gasteiger partial charge in [-0.25, -0.2) is 0 Å². The molecule has 118 valence electrons. The average Bonchev–Trinajstić information content (AvgIpc) is 2.87. The number of benzene rings is 1. The van der Waals surface area contributed by atoms with Crippen LogP contribution in [0, 0.1) is 0 Å². The second kappa shape index (κ2) is 6.83. The van der Waals surface area contributed by atoms with Gasteiger partial charge in [-0.2, -0.15) is 0 Å². The van der Waals surface area contributed by atoms with E-state index in [2.05, 4.69) is 10.2 Å². The Kier molecular flexibility index (Phi) is 5.07.